The first-order chi connectivity index (χ1) is 9.11. The summed E-state index contributed by atoms with van der Waals surface area (Å²) in [6, 6.07) is 7.59. The summed E-state index contributed by atoms with van der Waals surface area (Å²) in [5.74, 6) is -0.643. The fraction of sp³-hybridized carbons (Fsp3) is 0.182. The summed E-state index contributed by atoms with van der Waals surface area (Å²) in [5.41, 5.74) is 0.800. The minimum Gasteiger partial charge on any atom is -0.481 e. The van der Waals surface area contributed by atoms with Gasteiger partial charge in [-0.15, -0.1) is 10.2 Å². The maximum absolute atomic E-state index is 10.6. The molecule has 19 heavy (non-hydrogen) atoms. The smallest absolute Gasteiger partial charge is 0.313 e. The zero-order valence-corrected chi connectivity index (χ0v) is 12.6. The molecule has 8 heteroatoms. The van der Waals surface area contributed by atoms with E-state index in [1.165, 1.54) is 0 Å². The lowest BCUT2D eigenvalue weighted by molar-refractivity contribution is -0.133. The van der Waals surface area contributed by atoms with Crippen molar-refractivity contribution >= 4 is 40.3 Å². The molecule has 0 saturated heterocycles. The molecular weight excluding hydrogens is 381 g/mol. The monoisotopic (exact) mass is 391 g/mol. The van der Waals surface area contributed by atoms with Gasteiger partial charge in [0.1, 0.15) is 6.61 Å². The molecule has 6 nitrogen and oxygen atoms in total. The summed E-state index contributed by atoms with van der Waals surface area (Å²) in [4.78, 5) is 10.6. The topological polar surface area (TPSA) is 88.2 Å². The average molecular weight is 391 g/mol. The van der Waals surface area contributed by atoms with Crippen LogP contribution >= 0.6 is 34.4 Å². The number of carboxylic acid groups (broad SMARTS) is 1. The number of hydrogen-bond acceptors (Lipinski definition) is 5. The van der Waals surface area contributed by atoms with Crippen LogP contribution in [0.1, 0.15) is 5.82 Å². The number of benzene rings is 1. The van der Waals surface area contributed by atoms with Gasteiger partial charge in [-0.25, -0.2) is 0 Å². The number of aromatic nitrogens is 3. The van der Waals surface area contributed by atoms with E-state index < -0.39 is 5.97 Å². The van der Waals surface area contributed by atoms with Crippen LogP contribution in [0.25, 0.3) is 5.69 Å². The van der Waals surface area contributed by atoms with Crippen molar-refractivity contribution in [1.29, 1.82) is 0 Å². The Morgan fingerprint density at radius 3 is 2.84 bits per heavy atom. The average Bonchev–Trinajstić information content (AvgIpc) is 2.79. The molecule has 0 aliphatic carbocycles. The Bertz CT molecular complexity index is 603. The number of halogens is 1. The predicted molar refractivity (Wildman–Crippen MR) is 78.4 cm³/mol. The third-order valence-corrected chi connectivity index (χ3v) is 3.82. The lowest BCUT2D eigenvalue weighted by Gasteiger charge is -2.08. The maximum atomic E-state index is 10.6. The fourth-order valence-corrected chi connectivity index (χ4v) is 2.71. The molecule has 0 saturated carbocycles. The standard InChI is InChI=1S/C11H10IN3O3S/c12-7-2-1-3-8(4-7)15-9(5-16)13-14-11(15)19-6-10(17)18/h1-4,16H,5-6H2,(H,17,18). The molecule has 0 aliphatic heterocycles. The molecule has 0 atom stereocenters. The van der Waals surface area contributed by atoms with Crippen LogP contribution in [0.4, 0.5) is 0 Å². The summed E-state index contributed by atoms with van der Waals surface area (Å²) < 4.78 is 2.69. The van der Waals surface area contributed by atoms with Crippen LogP contribution in [0.3, 0.4) is 0 Å². The zero-order valence-electron chi connectivity index (χ0n) is 9.65. The minimum atomic E-state index is -0.923. The molecule has 1 aromatic heterocycles. The molecular formula is C11H10IN3O3S. The van der Waals surface area contributed by atoms with Crippen LogP contribution in [0.5, 0.6) is 0 Å². The number of nitrogens with zero attached hydrogens (tertiary/aromatic N) is 3. The van der Waals surface area contributed by atoms with E-state index in [1.54, 1.807) is 4.57 Å². The first-order valence-corrected chi connectivity index (χ1v) is 7.34. The highest BCUT2D eigenvalue weighted by Crippen LogP contribution is 2.23. The summed E-state index contributed by atoms with van der Waals surface area (Å²) in [5, 5.41) is 26.2. The van der Waals surface area contributed by atoms with Gasteiger partial charge in [0.05, 0.1) is 11.4 Å². The van der Waals surface area contributed by atoms with Gasteiger partial charge >= 0.3 is 5.97 Å². The van der Waals surface area contributed by atoms with Crippen molar-refractivity contribution in [2.45, 2.75) is 11.8 Å². The molecule has 0 bridgehead atoms. The van der Waals surface area contributed by atoms with Crippen molar-refractivity contribution < 1.29 is 15.0 Å². The Hall–Kier alpha value is -1.13. The van der Waals surface area contributed by atoms with E-state index in [9.17, 15) is 9.90 Å². The largest absolute Gasteiger partial charge is 0.481 e. The van der Waals surface area contributed by atoms with Crippen LogP contribution < -0.4 is 0 Å². The van der Waals surface area contributed by atoms with E-state index in [4.69, 9.17) is 5.11 Å². The Kier molecular flexibility index (Phi) is 4.77. The van der Waals surface area contributed by atoms with Crippen LogP contribution in [0.15, 0.2) is 29.4 Å². The number of aliphatic hydroxyl groups is 1. The van der Waals surface area contributed by atoms with Crippen molar-refractivity contribution in [1.82, 2.24) is 14.8 Å². The van der Waals surface area contributed by atoms with Gasteiger partial charge in [-0.1, -0.05) is 17.8 Å². The molecule has 0 radical (unpaired) electrons. The van der Waals surface area contributed by atoms with Gasteiger partial charge < -0.3 is 10.2 Å². The third-order valence-electron chi connectivity index (χ3n) is 2.23. The van der Waals surface area contributed by atoms with Crippen molar-refractivity contribution in [2.24, 2.45) is 0 Å². The third kappa shape index (κ3) is 3.45. The molecule has 0 fully saturated rings. The van der Waals surface area contributed by atoms with Crippen molar-refractivity contribution in [3.63, 3.8) is 0 Å². The number of carbonyl (C=O) groups is 1. The summed E-state index contributed by atoms with van der Waals surface area (Å²) in [6.07, 6.45) is 0. The number of carboxylic acids is 1. The molecule has 1 aromatic carbocycles. The second-order valence-corrected chi connectivity index (χ2v) is 5.74. The quantitative estimate of drug-likeness (QED) is 0.594. The van der Waals surface area contributed by atoms with Gasteiger partial charge in [0, 0.05) is 3.57 Å². The van der Waals surface area contributed by atoms with Crippen LogP contribution in [0, 0.1) is 3.57 Å². The van der Waals surface area contributed by atoms with E-state index in [1.807, 2.05) is 24.3 Å². The van der Waals surface area contributed by atoms with Crippen LogP contribution in [0.2, 0.25) is 0 Å². The van der Waals surface area contributed by atoms with E-state index in [0.717, 1.165) is 21.0 Å². The number of aliphatic carboxylic acids is 1. The minimum absolute atomic E-state index is 0.104. The Morgan fingerprint density at radius 2 is 2.21 bits per heavy atom. The molecule has 0 aliphatic rings. The van der Waals surface area contributed by atoms with Crippen LogP contribution in [-0.4, -0.2) is 36.7 Å². The fourth-order valence-electron chi connectivity index (χ4n) is 1.50. The molecule has 1 heterocycles. The van der Waals surface area contributed by atoms with Crippen molar-refractivity contribution in [2.75, 3.05) is 5.75 Å². The Morgan fingerprint density at radius 1 is 1.42 bits per heavy atom. The number of rotatable bonds is 5. The summed E-state index contributed by atoms with van der Waals surface area (Å²) in [7, 11) is 0. The highest BCUT2D eigenvalue weighted by molar-refractivity contribution is 14.1. The SMILES string of the molecule is O=C(O)CSc1nnc(CO)n1-c1cccc(I)c1. The highest BCUT2D eigenvalue weighted by atomic mass is 127. The zero-order chi connectivity index (χ0) is 13.8. The van der Waals surface area contributed by atoms with E-state index in [2.05, 4.69) is 32.8 Å². The van der Waals surface area contributed by atoms with E-state index >= 15 is 0 Å². The van der Waals surface area contributed by atoms with E-state index in [0.29, 0.717) is 11.0 Å². The second kappa shape index (κ2) is 6.35. The normalized spacial score (nSPS) is 10.6. The molecule has 2 aromatic rings. The summed E-state index contributed by atoms with van der Waals surface area (Å²) in [6.45, 7) is -0.258. The summed E-state index contributed by atoms with van der Waals surface area (Å²) >= 11 is 3.25. The first-order valence-electron chi connectivity index (χ1n) is 5.27. The van der Waals surface area contributed by atoms with Gasteiger partial charge in [-0.3, -0.25) is 9.36 Å². The Labute approximate surface area is 127 Å². The van der Waals surface area contributed by atoms with Gasteiger partial charge in [-0.2, -0.15) is 0 Å². The van der Waals surface area contributed by atoms with Gasteiger partial charge in [0.15, 0.2) is 11.0 Å². The number of thioether (sulfide) groups is 1. The van der Waals surface area contributed by atoms with Crippen molar-refractivity contribution in [3.8, 4) is 5.69 Å². The van der Waals surface area contributed by atoms with Gasteiger partial charge in [-0.05, 0) is 40.8 Å². The molecule has 100 valence electrons. The number of hydrogen-bond donors (Lipinski definition) is 2. The second-order valence-electron chi connectivity index (χ2n) is 3.55. The highest BCUT2D eigenvalue weighted by Gasteiger charge is 2.15. The maximum Gasteiger partial charge on any atom is 0.313 e. The van der Waals surface area contributed by atoms with Gasteiger partial charge in [0.25, 0.3) is 0 Å². The lowest BCUT2D eigenvalue weighted by atomic mass is 10.3. The first kappa shape index (κ1) is 14.3. The molecule has 0 unspecified atom stereocenters. The molecule has 0 amide bonds. The lowest BCUT2D eigenvalue weighted by Crippen LogP contribution is -2.05. The van der Waals surface area contributed by atoms with E-state index in [-0.39, 0.29) is 12.4 Å². The number of aliphatic hydroxyl groups excluding tert-OH is 1. The Balaban J connectivity index is 2.41. The molecule has 0 spiro atoms. The molecule has 2 rings (SSSR count). The van der Waals surface area contributed by atoms with Crippen molar-refractivity contribution in [3.05, 3.63) is 33.7 Å². The predicted octanol–water partition coefficient (Wildman–Crippen LogP) is 1.54. The van der Waals surface area contributed by atoms with Gasteiger partial charge in [0.2, 0.25) is 0 Å². The van der Waals surface area contributed by atoms with Crippen LogP contribution in [-0.2, 0) is 11.4 Å². The molecule has 2 N–H and O–H groups in total.